The lowest BCUT2D eigenvalue weighted by Gasteiger charge is -2.35. The summed E-state index contributed by atoms with van der Waals surface area (Å²) in [5.74, 6) is 0.746. The van der Waals surface area contributed by atoms with Crippen LogP contribution in [-0.4, -0.2) is 17.9 Å². The van der Waals surface area contributed by atoms with E-state index in [0.29, 0.717) is 5.56 Å². The molecule has 3 nitrogen and oxygen atoms in total. The minimum atomic E-state index is -0.0593. The van der Waals surface area contributed by atoms with Crippen molar-refractivity contribution < 1.29 is 9.53 Å². The first kappa shape index (κ1) is 18.7. The van der Waals surface area contributed by atoms with Gasteiger partial charge in [-0.05, 0) is 49.2 Å². The Labute approximate surface area is 161 Å². The largest absolute Gasteiger partial charge is 0.497 e. The minimum absolute atomic E-state index is 0.00496. The molecule has 0 unspecified atom stereocenters. The molecule has 3 aromatic carbocycles. The molecule has 138 valence electrons. The van der Waals surface area contributed by atoms with E-state index in [1.165, 1.54) is 0 Å². The normalized spacial score (nSPS) is 12.9. The van der Waals surface area contributed by atoms with Crippen LogP contribution in [0.1, 0.15) is 47.4 Å². The highest BCUT2D eigenvalue weighted by atomic mass is 16.5. The van der Waals surface area contributed by atoms with Gasteiger partial charge in [0.2, 0.25) is 0 Å². The monoisotopic (exact) mass is 359 g/mol. The van der Waals surface area contributed by atoms with Gasteiger partial charge in [0.05, 0.1) is 19.2 Å². The third-order valence-corrected chi connectivity index (χ3v) is 4.97. The van der Waals surface area contributed by atoms with E-state index >= 15 is 0 Å². The van der Waals surface area contributed by atoms with Gasteiger partial charge >= 0.3 is 0 Å². The average molecular weight is 359 g/mol. The topological polar surface area (TPSA) is 29.5 Å². The van der Waals surface area contributed by atoms with Crippen LogP contribution in [0.4, 0.5) is 0 Å². The molecule has 0 aliphatic heterocycles. The molecular weight excluding hydrogens is 334 g/mol. The summed E-state index contributed by atoms with van der Waals surface area (Å²) < 4.78 is 5.22. The number of hydrogen-bond donors (Lipinski definition) is 0. The van der Waals surface area contributed by atoms with E-state index < -0.39 is 0 Å². The molecular formula is C24H25NO2. The summed E-state index contributed by atoms with van der Waals surface area (Å²) in [5, 5.41) is 0. The molecule has 0 aromatic heterocycles. The van der Waals surface area contributed by atoms with Crippen LogP contribution in [0.2, 0.25) is 0 Å². The zero-order valence-electron chi connectivity index (χ0n) is 16.0. The predicted octanol–water partition coefficient (Wildman–Crippen LogP) is 5.66. The molecule has 3 rings (SSSR count). The summed E-state index contributed by atoms with van der Waals surface area (Å²) in [4.78, 5) is 15.4. The fraction of sp³-hybridized carbons (Fsp3) is 0.208. The molecule has 3 heteroatoms. The Balaban J connectivity index is 1.99. The summed E-state index contributed by atoms with van der Waals surface area (Å²) in [6, 6.07) is 27.5. The van der Waals surface area contributed by atoms with Crippen LogP contribution >= 0.6 is 0 Å². The molecule has 0 spiro atoms. The van der Waals surface area contributed by atoms with E-state index in [-0.39, 0.29) is 18.0 Å². The Morgan fingerprint density at radius 3 is 1.59 bits per heavy atom. The lowest BCUT2D eigenvalue weighted by atomic mass is 9.99. The molecule has 0 radical (unpaired) electrons. The quantitative estimate of drug-likeness (QED) is 0.568. The van der Waals surface area contributed by atoms with E-state index in [1.54, 1.807) is 7.11 Å². The molecule has 27 heavy (non-hydrogen) atoms. The summed E-state index contributed by atoms with van der Waals surface area (Å²) in [6.07, 6.45) is 0. The Morgan fingerprint density at radius 1 is 0.741 bits per heavy atom. The zero-order chi connectivity index (χ0) is 19.2. The van der Waals surface area contributed by atoms with Gasteiger partial charge in [-0.3, -0.25) is 4.79 Å². The van der Waals surface area contributed by atoms with Crippen LogP contribution in [0, 0.1) is 0 Å². The van der Waals surface area contributed by atoms with E-state index in [2.05, 4.69) is 38.1 Å². The zero-order valence-corrected chi connectivity index (χ0v) is 16.0. The highest BCUT2D eigenvalue weighted by Gasteiger charge is 2.28. The maximum absolute atomic E-state index is 13.5. The summed E-state index contributed by atoms with van der Waals surface area (Å²) in [6.45, 7) is 4.16. The Morgan fingerprint density at radius 2 is 1.19 bits per heavy atom. The second-order valence-electron chi connectivity index (χ2n) is 6.61. The lowest BCUT2D eigenvalue weighted by Crippen LogP contribution is -2.36. The third-order valence-electron chi connectivity index (χ3n) is 4.97. The average Bonchev–Trinajstić information content (AvgIpc) is 2.75. The van der Waals surface area contributed by atoms with Crippen molar-refractivity contribution in [3.63, 3.8) is 0 Å². The first-order chi connectivity index (χ1) is 13.1. The first-order valence-electron chi connectivity index (χ1n) is 9.18. The molecule has 0 saturated heterocycles. The molecule has 0 bridgehead atoms. The molecule has 1 amide bonds. The third kappa shape index (κ3) is 4.20. The van der Waals surface area contributed by atoms with Gasteiger partial charge in [0, 0.05) is 5.56 Å². The van der Waals surface area contributed by atoms with Crippen LogP contribution in [0.3, 0.4) is 0 Å². The van der Waals surface area contributed by atoms with Crippen LogP contribution in [0.5, 0.6) is 5.75 Å². The minimum Gasteiger partial charge on any atom is -0.497 e. The fourth-order valence-corrected chi connectivity index (χ4v) is 3.35. The van der Waals surface area contributed by atoms with Crippen molar-refractivity contribution in [2.75, 3.05) is 7.11 Å². The van der Waals surface area contributed by atoms with Gasteiger partial charge in [-0.2, -0.15) is 0 Å². The van der Waals surface area contributed by atoms with Gasteiger partial charge in [-0.1, -0.05) is 60.7 Å². The second kappa shape index (κ2) is 8.54. The van der Waals surface area contributed by atoms with Gasteiger partial charge < -0.3 is 9.64 Å². The van der Waals surface area contributed by atoms with E-state index in [0.717, 1.165) is 16.9 Å². The van der Waals surface area contributed by atoms with Crippen molar-refractivity contribution >= 4 is 5.91 Å². The van der Waals surface area contributed by atoms with E-state index in [4.69, 9.17) is 4.74 Å². The van der Waals surface area contributed by atoms with E-state index in [1.807, 2.05) is 65.6 Å². The van der Waals surface area contributed by atoms with Gasteiger partial charge in [-0.15, -0.1) is 0 Å². The number of methoxy groups -OCH3 is 1. The summed E-state index contributed by atoms with van der Waals surface area (Å²) in [5.41, 5.74) is 2.88. The van der Waals surface area contributed by atoms with Crippen LogP contribution < -0.4 is 4.74 Å². The number of carbonyl (C=O) groups excluding carboxylic acids is 1. The summed E-state index contributed by atoms with van der Waals surface area (Å²) in [7, 11) is 1.62. The molecule has 2 atom stereocenters. The number of nitrogens with zero attached hydrogens (tertiary/aromatic N) is 1. The van der Waals surface area contributed by atoms with Gasteiger partial charge in [0.1, 0.15) is 5.75 Å². The van der Waals surface area contributed by atoms with Crippen molar-refractivity contribution in [1.29, 1.82) is 0 Å². The molecule has 0 N–H and O–H groups in total. The predicted molar refractivity (Wildman–Crippen MR) is 109 cm³/mol. The Kier molecular flexibility index (Phi) is 5.92. The number of carbonyl (C=O) groups is 1. The second-order valence-corrected chi connectivity index (χ2v) is 6.61. The lowest BCUT2D eigenvalue weighted by molar-refractivity contribution is 0.0604. The van der Waals surface area contributed by atoms with Crippen molar-refractivity contribution in [2.24, 2.45) is 0 Å². The number of benzene rings is 3. The van der Waals surface area contributed by atoms with Crippen molar-refractivity contribution in [3.8, 4) is 5.75 Å². The summed E-state index contributed by atoms with van der Waals surface area (Å²) >= 11 is 0. The van der Waals surface area contributed by atoms with Gasteiger partial charge in [0.15, 0.2) is 0 Å². The number of ether oxygens (including phenoxy) is 1. The molecule has 0 heterocycles. The van der Waals surface area contributed by atoms with Crippen LogP contribution in [0.25, 0.3) is 0 Å². The maximum Gasteiger partial charge on any atom is 0.254 e. The van der Waals surface area contributed by atoms with Crippen molar-refractivity contribution in [1.82, 2.24) is 4.90 Å². The smallest absolute Gasteiger partial charge is 0.254 e. The van der Waals surface area contributed by atoms with Crippen molar-refractivity contribution in [2.45, 2.75) is 25.9 Å². The number of hydrogen-bond acceptors (Lipinski definition) is 2. The molecule has 0 fully saturated rings. The molecule has 0 saturated carbocycles. The standard InChI is InChI=1S/C24H25NO2/c1-18(20-10-6-4-7-11-20)25(19(2)21-12-8-5-9-13-21)24(26)22-14-16-23(27-3)17-15-22/h4-19H,1-3H3/t18-,19-/m1/s1. The molecule has 3 aromatic rings. The molecule has 0 aliphatic rings. The maximum atomic E-state index is 13.5. The highest BCUT2D eigenvalue weighted by Crippen LogP contribution is 2.32. The highest BCUT2D eigenvalue weighted by molar-refractivity contribution is 5.95. The Hall–Kier alpha value is -3.07. The number of amides is 1. The SMILES string of the molecule is COc1ccc(C(=O)N([C@H](C)c2ccccc2)[C@H](C)c2ccccc2)cc1. The van der Waals surface area contributed by atoms with Crippen molar-refractivity contribution in [3.05, 3.63) is 102 Å². The molecule has 0 aliphatic carbocycles. The number of rotatable bonds is 6. The first-order valence-corrected chi connectivity index (χ1v) is 9.18. The van der Waals surface area contributed by atoms with E-state index in [9.17, 15) is 4.79 Å². The Bertz CT molecular complexity index is 814. The van der Waals surface area contributed by atoms with Crippen LogP contribution in [-0.2, 0) is 0 Å². The van der Waals surface area contributed by atoms with Gasteiger partial charge in [-0.25, -0.2) is 0 Å². The fourth-order valence-electron chi connectivity index (χ4n) is 3.35. The van der Waals surface area contributed by atoms with Crippen LogP contribution in [0.15, 0.2) is 84.9 Å². The van der Waals surface area contributed by atoms with Gasteiger partial charge in [0.25, 0.3) is 5.91 Å².